The summed E-state index contributed by atoms with van der Waals surface area (Å²) in [6, 6.07) is 0. The minimum Gasteiger partial charge on any atom is -0.466 e. The zero-order valence-electron chi connectivity index (χ0n) is 12.9. The maximum Gasteiger partial charge on any atom is 0.305 e. The highest BCUT2D eigenvalue weighted by Gasteiger charge is 1.99. The van der Waals surface area contributed by atoms with E-state index in [0.29, 0.717) is 13.0 Å². The first kappa shape index (κ1) is 20.2. The summed E-state index contributed by atoms with van der Waals surface area (Å²) in [7, 11) is 1.23. The molecule has 0 spiro atoms. The molecule has 0 unspecified atom stereocenters. The molecule has 0 heterocycles. The maximum atomic E-state index is 10.8. The fourth-order valence-corrected chi connectivity index (χ4v) is 2.36. The summed E-state index contributed by atoms with van der Waals surface area (Å²) in [5, 5.41) is 0. The van der Waals surface area contributed by atoms with Crippen molar-refractivity contribution in [3.05, 3.63) is 0 Å². The Morgan fingerprint density at radius 3 is 1.94 bits per heavy atom. The quantitative estimate of drug-likeness (QED) is 0.319. The molecule has 0 aliphatic carbocycles. The van der Waals surface area contributed by atoms with Crippen molar-refractivity contribution >= 4 is 14.6 Å². The van der Waals surface area contributed by atoms with Crippen LogP contribution in [0.3, 0.4) is 0 Å². The zero-order valence-corrected chi connectivity index (χ0v) is 13.9. The third kappa shape index (κ3) is 21.2. The predicted octanol–water partition coefficient (Wildman–Crippen LogP) is 5.00. The summed E-state index contributed by atoms with van der Waals surface area (Å²) in [5.74, 6) is -0.0522. The fraction of sp³-hybridized carbons (Fsp3) is 0.933. The minimum absolute atomic E-state index is 0.0522. The molecule has 0 fully saturated rings. The molecule has 3 heteroatoms. The van der Waals surface area contributed by atoms with Crippen LogP contribution in [0, 0.1) is 0 Å². The van der Waals surface area contributed by atoms with E-state index in [9.17, 15) is 4.79 Å². The summed E-state index contributed by atoms with van der Waals surface area (Å²) in [6.45, 7) is 9.01. The van der Waals surface area contributed by atoms with E-state index >= 15 is 0 Å². The van der Waals surface area contributed by atoms with E-state index < -0.39 is 0 Å². The first-order chi connectivity index (χ1) is 8.72. The van der Waals surface area contributed by atoms with Gasteiger partial charge < -0.3 is 4.74 Å². The fourth-order valence-electron chi connectivity index (χ4n) is 1.41. The highest BCUT2D eigenvalue weighted by atomic mass is 31.1. The van der Waals surface area contributed by atoms with Crippen LogP contribution in [0.2, 0.25) is 0 Å². The van der Waals surface area contributed by atoms with Gasteiger partial charge in [0.25, 0.3) is 0 Å². The maximum absolute atomic E-state index is 10.8. The third-order valence-electron chi connectivity index (χ3n) is 2.39. The molecular weight excluding hydrogens is 243 g/mol. The molecule has 0 atom stereocenters. The van der Waals surface area contributed by atoms with Crippen LogP contribution in [-0.2, 0) is 9.53 Å². The van der Waals surface area contributed by atoms with E-state index in [2.05, 4.69) is 20.8 Å². The molecule has 0 aromatic rings. The molecule has 0 radical (unpaired) electrons. The molecule has 0 N–H and O–H groups in total. The Morgan fingerprint density at radius 1 is 0.889 bits per heavy atom. The van der Waals surface area contributed by atoms with E-state index in [0.717, 1.165) is 12.8 Å². The lowest BCUT2D eigenvalue weighted by atomic mass is 10.2. The van der Waals surface area contributed by atoms with Crippen molar-refractivity contribution in [1.29, 1.82) is 0 Å². The Morgan fingerprint density at radius 2 is 1.50 bits per heavy atom. The zero-order chi connectivity index (χ0) is 14.1. The van der Waals surface area contributed by atoms with Gasteiger partial charge >= 0.3 is 5.97 Å². The topological polar surface area (TPSA) is 26.3 Å². The minimum atomic E-state index is -0.0522. The number of ether oxygens (including phenoxy) is 1. The van der Waals surface area contributed by atoms with E-state index in [-0.39, 0.29) is 5.97 Å². The van der Waals surface area contributed by atoms with Crippen LogP contribution in [0.25, 0.3) is 0 Å². The molecule has 0 rings (SSSR count). The monoisotopic (exact) mass is 276 g/mol. The summed E-state index contributed by atoms with van der Waals surface area (Å²) in [4.78, 5) is 10.8. The summed E-state index contributed by atoms with van der Waals surface area (Å²) < 4.78 is 4.78. The van der Waals surface area contributed by atoms with Crippen molar-refractivity contribution in [3.8, 4) is 0 Å². The second-order valence-corrected chi connectivity index (χ2v) is 5.87. The molecule has 0 aliphatic heterocycles. The van der Waals surface area contributed by atoms with Crippen molar-refractivity contribution in [2.75, 3.05) is 18.9 Å². The molecule has 0 bridgehead atoms. The average Bonchev–Trinajstić information content (AvgIpc) is 2.37. The third-order valence-corrected chi connectivity index (χ3v) is 4.10. The smallest absolute Gasteiger partial charge is 0.305 e. The van der Waals surface area contributed by atoms with Crippen molar-refractivity contribution in [2.45, 2.75) is 72.6 Å². The Balaban J connectivity index is 0. The number of rotatable bonds is 10. The van der Waals surface area contributed by atoms with Gasteiger partial charge in [0.2, 0.25) is 0 Å². The van der Waals surface area contributed by atoms with Crippen LogP contribution in [0.1, 0.15) is 72.6 Å². The SMILES string of the molecule is CCCCCCC(=O)OCC.CCCPCCC. The molecule has 0 saturated heterocycles. The van der Waals surface area contributed by atoms with Crippen LogP contribution in [0.4, 0.5) is 0 Å². The Kier molecular flexibility index (Phi) is 21.6. The van der Waals surface area contributed by atoms with Gasteiger partial charge in [0.1, 0.15) is 0 Å². The highest BCUT2D eigenvalue weighted by molar-refractivity contribution is 7.37. The molecule has 110 valence electrons. The lowest BCUT2D eigenvalue weighted by Crippen LogP contribution is -2.02. The van der Waals surface area contributed by atoms with Crippen molar-refractivity contribution in [3.63, 3.8) is 0 Å². The summed E-state index contributed by atoms with van der Waals surface area (Å²) in [6.07, 6.45) is 10.8. The van der Waals surface area contributed by atoms with E-state index in [4.69, 9.17) is 4.74 Å². The van der Waals surface area contributed by atoms with Crippen LogP contribution < -0.4 is 0 Å². The molecule has 0 aromatic heterocycles. The van der Waals surface area contributed by atoms with Gasteiger partial charge in [0.05, 0.1) is 6.61 Å². The number of carbonyl (C=O) groups excluding carboxylic acids is 1. The van der Waals surface area contributed by atoms with Crippen molar-refractivity contribution in [1.82, 2.24) is 0 Å². The Hall–Kier alpha value is -0.100. The number of hydrogen-bond acceptors (Lipinski definition) is 2. The van der Waals surface area contributed by atoms with Crippen LogP contribution in [-0.4, -0.2) is 24.9 Å². The van der Waals surface area contributed by atoms with Gasteiger partial charge in [-0.2, -0.15) is 0 Å². The summed E-state index contributed by atoms with van der Waals surface area (Å²) >= 11 is 0. The first-order valence-electron chi connectivity index (χ1n) is 7.59. The average molecular weight is 276 g/mol. The molecule has 0 saturated carbocycles. The summed E-state index contributed by atoms with van der Waals surface area (Å²) in [5.41, 5.74) is 0. The molecule has 18 heavy (non-hydrogen) atoms. The Labute approximate surface area is 116 Å². The van der Waals surface area contributed by atoms with Crippen LogP contribution >= 0.6 is 8.58 Å². The molecule has 0 aliphatic rings. The van der Waals surface area contributed by atoms with E-state index in [1.165, 1.54) is 46.6 Å². The van der Waals surface area contributed by atoms with Gasteiger partial charge in [-0.3, -0.25) is 4.79 Å². The van der Waals surface area contributed by atoms with Crippen molar-refractivity contribution in [2.24, 2.45) is 0 Å². The number of unbranched alkanes of at least 4 members (excludes halogenated alkanes) is 3. The number of carbonyl (C=O) groups is 1. The van der Waals surface area contributed by atoms with Gasteiger partial charge in [-0.25, -0.2) is 0 Å². The molecule has 0 amide bonds. The molecule has 0 aromatic carbocycles. The standard InChI is InChI=1S/C9H18O2.C6H15P/c1-3-5-6-7-8-9(10)11-4-2;1-3-5-7-6-4-2/h3-8H2,1-2H3;7H,3-6H2,1-2H3. The lowest BCUT2D eigenvalue weighted by molar-refractivity contribution is -0.143. The first-order valence-corrected chi connectivity index (χ1v) is 9.00. The highest BCUT2D eigenvalue weighted by Crippen LogP contribution is 2.10. The second kappa shape index (κ2) is 19.2. The van der Waals surface area contributed by atoms with Gasteiger partial charge in [0.15, 0.2) is 0 Å². The second-order valence-electron chi connectivity index (χ2n) is 4.37. The van der Waals surface area contributed by atoms with Gasteiger partial charge in [-0.05, 0) is 25.7 Å². The predicted molar refractivity (Wildman–Crippen MR) is 84.0 cm³/mol. The number of esters is 1. The van der Waals surface area contributed by atoms with Crippen molar-refractivity contribution < 1.29 is 9.53 Å². The van der Waals surface area contributed by atoms with Gasteiger partial charge in [-0.1, -0.05) is 52.9 Å². The normalized spacial score (nSPS) is 9.56. The van der Waals surface area contributed by atoms with E-state index in [1.54, 1.807) is 0 Å². The molecular formula is C15H33O2P. The van der Waals surface area contributed by atoms with E-state index in [1.807, 2.05) is 6.92 Å². The lowest BCUT2D eigenvalue weighted by Gasteiger charge is -2.00. The van der Waals surface area contributed by atoms with Gasteiger partial charge in [0, 0.05) is 6.42 Å². The van der Waals surface area contributed by atoms with Gasteiger partial charge in [-0.15, -0.1) is 8.58 Å². The molecule has 2 nitrogen and oxygen atoms in total. The van der Waals surface area contributed by atoms with Crippen LogP contribution in [0.15, 0.2) is 0 Å². The largest absolute Gasteiger partial charge is 0.466 e. The number of hydrogen-bond donors (Lipinski definition) is 0. The van der Waals surface area contributed by atoms with Crippen LogP contribution in [0.5, 0.6) is 0 Å². The Bertz CT molecular complexity index is 157.